The van der Waals surface area contributed by atoms with Crippen molar-refractivity contribution in [3.05, 3.63) is 84.4 Å². The molecule has 0 heterocycles. The van der Waals surface area contributed by atoms with Crippen LogP contribution in [0.2, 0.25) is 0 Å². The van der Waals surface area contributed by atoms with Crippen LogP contribution in [0.5, 0.6) is 0 Å². The van der Waals surface area contributed by atoms with Gasteiger partial charge in [-0.05, 0) is 11.1 Å². The molecule has 0 unspecified atom stereocenters. The number of ether oxygens (including phenoxy) is 2. The molecule has 0 saturated heterocycles. The quantitative estimate of drug-likeness (QED) is 0.789. The molecular weight excluding hydrogens is 300 g/mol. The van der Waals surface area contributed by atoms with Gasteiger partial charge in [0.2, 0.25) is 0 Å². The summed E-state index contributed by atoms with van der Waals surface area (Å²) in [6.07, 6.45) is 1.58. The number of aliphatic hydroxyl groups is 1. The molecule has 0 aromatic heterocycles. The van der Waals surface area contributed by atoms with Gasteiger partial charge in [-0.2, -0.15) is 0 Å². The second-order valence-electron chi connectivity index (χ2n) is 6.21. The van der Waals surface area contributed by atoms with Crippen LogP contribution >= 0.6 is 0 Å². The van der Waals surface area contributed by atoms with Crippen molar-refractivity contribution >= 4 is 0 Å². The lowest BCUT2D eigenvalue weighted by Gasteiger charge is -2.24. The SMILES string of the molecule is C=C[C@H]1[C@H](OCc2ccccc2)[C@H](OCc2ccccc2)C[C@H]1O. The van der Waals surface area contributed by atoms with Crippen LogP contribution < -0.4 is 0 Å². The first-order chi connectivity index (χ1) is 11.8. The van der Waals surface area contributed by atoms with Gasteiger partial charge < -0.3 is 14.6 Å². The highest BCUT2D eigenvalue weighted by Gasteiger charge is 2.42. The fraction of sp³-hybridized carbons (Fsp3) is 0.333. The first kappa shape index (κ1) is 16.9. The summed E-state index contributed by atoms with van der Waals surface area (Å²) >= 11 is 0. The first-order valence-corrected chi connectivity index (χ1v) is 8.39. The third-order valence-electron chi connectivity index (χ3n) is 4.53. The molecule has 4 atom stereocenters. The monoisotopic (exact) mass is 324 g/mol. The van der Waals surface area contributed by atoms with Crippen molar-refractivity contribution < 1.29 is 14.6 Å². The second kappa shape index (κ2) is 8.25. The van der Waals surface area contributed by atoms with Crippen LogP contribution in [0.1, 0.15) is 17.5 Å². The molecular formula is C21H24O3. The minimum Gasteiger partial charge on any atom is -0.392 e. The molecule has 1 aliphatic rings. The second-order valence-corrected chi connectivity index (χ2v) is 6.21. The Morgan fingerprint density at radius 3 is 2.00 bits per heavy atom. The van der Waals surface area contributed by atoms with Crippen molar-refractivity contribution in [1.29, 1.82) is 0 Å². The Bertz CT molecular complexity index is 626. The summed E-state index contributed by atoms with van der Waals surface area (Å²) in [7, 11) is 0. The highest BCUT2D eigenvalue weighted by molar-refractivity contribution is 5.15. The topological polar surface area (TPSA) is 38.7 Å². The maximum absolute atomic E-state index is 10.3. The molecule has 3 heteroatoms. The van der Waals surface area contributed by atoms with Gasteiger partial charge in [-0.3, -0.25) is 0 Å². The maximum atomic E-state index is 10.3. The molecule has 0 bridgehead atoms. The Hall–Kier alpha value is -1.94. The molecule has 1 N–H and O–H groups in total. The minimum absolute atomic E-state index is 0.102. The standard InChI is InChI=1S/C21H24O3/c1-2-18-19(22)13-20(23-14-16-9-5-3-6-10-16)21(18)24-15-17-11-7-4-8-12-17/h2-12,18-22H,1,13-15H2/t18-,19-,20-,21+/m1/s1. The van der Waals surface area contributed by atoms with Crippen molar-refractivity contribution in [2.75, 3.05) is 0 Å². The molecule has 1 aliphatic carbocycles. The van der Waals surface area contributed by atoms with Gasteiger partial charge in [-0.15, -0.1) is 6.58 Å². The molecule has 3 rings (SSSR count). The fourth-order valence-electron chi connectivity index (χ4n) is 3.21. The van der Waals surface area contributed by atoms with Crippen LogP contribution in [0.3, 0.4) is 0 Å². The Kier molecular flexibility index (Phi) is 5.81. The number of hydrogen-bond donors (Lipinski definition) is 1. The smallest absolute Gasteiger partial charge is 0.0929 e. The summed E-state index contributed by atoms with van der Waals surface area (Å²) in [6, 6.07) is 20.1. The van der Waals surface area contributed by atoms with Crippen molar-refractivity contribution in [3.63, 3.8) is 0 Å². The van der Waals surface area contributed by atoms with E-state index in [9.17, 15) is 5.11 Å². The molecule has 0 amide bonds. The largest absolute Gasteiger partial charge is 0.392 e. The summed E-state index contributed by atoms with van der Waals surface area (Å²) < 4.78 is 12.2. The van der Waals surface area contributed by atoms with Gasteiger partial charge in [-0.25, -0.2) is 0 Å². The van der Waals surface area contributed by atoms with Crippen LogP contribution in [0, 0.1) is 5.92 Å². The molecule has 1 fully saturated rings. The zero-order valence-corrected chi connectivity index (χ0v) is 13.8. The van der Waals surface area contributed by atoms with Gasteiger partial charge in [0.1, 0.15) is 0 Å². The zero-order valence-electron chi connectivity index (χ0n) is 13.8. The Labute approximate surface area is 143 Å². The molecule has 0 radical (unpaired) electrons. The van der Waals surface area contributed by atoms with Crippen molar-refractivity contribution in [2.45, 2.75) is 37.9 Å². The molecule has 2 aromatic carbocycles. The van der Waals surface area contributed by atoms with Crippen molar-refractivity contribution in [1.82, 2.24) is 0 Å². The molecule has 2 aromatic rings. The predicted octanol–water partition coefficient (Wildman–Crippen LogP) is 3.72. The highest BCUT2D eigenvalue weighted by atomic mass is 16.5. The first-order valence-electron chi connectivity index (χ1n) is 8.39. The Balaban J connectivity index is 1.63. The van der Waals surface area contributed by atoms with Gasteiger partial charge in [0.05, 0.1) is 31.5 Å². The third kappa shape index (κ3) is 4.12. The Morgan fingerprint density at radius 1 is 0.917 bits per heavy atom. The van der Waals surface area contributed by atoms with E-state index in [0.717, 1.165) is 11.1 Å². The average Bonchev–Trinajstić information content (AvgIpc) is 2.94. The van der Waals surface area contributed by atoms with E-state index >= 15 is 0 Å². The number of rotatable bonds is 7. The van der Waals surface area contributed by atoms with E-state index in [2.05, 4.69) is 6.58 Å². The lowest BCUT2D eigenvalue weighted by atomic mass is 10.0. The normalized spacial score (nSPS) is 26.4. The lowest BCUT2D eigenvalue weighted by molar-refractivity contribution is -0.0788. The van der Waals surface area contributed by atoms with E-state index in [1.807, 2.05) is 60.7 Å². The van der Waals surface area contributed by atoms with Gasteiger partial charge >= 0.3 is 0 Å². The zero-order chi connectivity index (χ0) is 16.8. The molecule has 3 nitrogen and oxygen atoms in total. The number of benzene rings is 2. The van der Waals surface area contributed by atoms with E-state index in [4.69, 9.17) is 9.47 Å². The predicted molar refractivity (Wildman–Crippen MR) is 94.3 cm³/mol. The van der Waals surface area contributed by atoms with E-state index in [0.29, 0.717) is 19.6 Å². The maximum Gasteiger partial charge on any atom is 0.0929 e. The molecule has 24 heavy (non-hydrogen) atoms. The van der Waals surface area contributed by atoms with E-state index < -0.39 is 6.10 Å². The summed E-state index contributed by atoms with van der Waals surface area (Å²) in [6.45, 7) is 4.88. The number of aliphatic hydroxyl groups excluding tert-OH is 1. The van der Waals surface area contributed by atoms with Gasteiger partial charge in [0.25, 0.3) is 0 Å². The minimum atomic E-state index is -0.468. The summed E-state index contributed by atoms with van der Waals surface area (Å²) in [5, 5.41) is 10.3. The lowest BCUT2D eigenvalue weighted by Crippen LogP contribution is -2.31. The van der Waals surface area contributed by atoms with Crippen LogP contribution in [0.25, 0.3) is 0 Å². The summed E-state index contributed by atoms with van der Waals surface area (Å²) in [4.78, 5) is 0. The van der Waals surface area contributed by atoms with Crippen LogP contribution in [-0.2, 0) is 22.7 Å². The van der Waals surface area contributed by atoms with E-state index in [1.54, 1.807) is 6.08 Å². The van der Waals surface area contributed by atoms with Crippen LogP contribution in [-0.4, -0.2) is 23.4 Å². The third-order valence-corrected chi connectivity index (χ3v) is 4.53. The van der Waals surface area contributed by atoms with E-state index in [1.165, 1.54) is 0 Å². The van der Waals surface area contributed by atoms with Gasteiger partial charge in [0, 0.05) is 12.3 Å². The summed E-state index contributed by atoms with van der Waals surface area (Å²) in [5.74, 6) is -0.102. The molecule has 1 saturated carbocycles. The highest BCUT2D eigenvalue weighted by Crippen LogP contribution is 2.33. The van der Waals surface area contributed by atoms with Gasteiger partial charge in [0.15, 0.2) is 0 Å². The van der Waals surface area contributed by atoms with E-state index in [-0.39, 0.29) is 18.1 Å². The van der Waals surface area contributed by atoms with Crippen molar-refractivity contribution in [3.8, 4) is 0 Å². The van der Waals surface area contributed by atoms with Crippen molar-refractivity contribution in [2.24, 2.45) is 5.92 Å². The summed E-state index contributed by atoms with van der Waals surface area (Å²) in [5.41, 5.74) is 2.24. The Morgan fingerprint density at radius 2 is 1.46 bits per heavy atom. The molecule has 0 aliphatic heterocycles. The molecule has 126 valence electrons. The van der Waals surface area contributed by atoms with Crippen LogP contribution in [0.4, 0.5) is 0 Å². The fourth-order valence-corrected chi connectivity index (χ4v) is 3.21. The van der Waals surface area contributed by atoms with Gasteiger partial charge in [-0.1, -0.05) is 66.7 Å². The van der Waals surface area contributed by atoms with Crippen LogP contribution in [0.15, 0.2) is 73.3 Å². The molecule has 0 spiro atoms. The average molecular weight is 324 g/mol. The number of hydrogen-bond acceptors (Lipinski definition) is 3.